The molecule has 0 saturated heterocycles. The number of benzene rings is 1. The summed E-state index contributed by atoms with van der Waals surface area (Å²) in [6, 6.07) is 8.15. The highest BCUT2D eigenvalue weighted by molar-refractivity contribution is 6.30. The Morgan fingerprint density at radius 2 is 2.20 bits per heavy atom. The lowest BCUT2D eigenvalue weighted by Gasteiger charge is -2.20. The Hall–Kier alpha value is -0.570. The molecule has 0 bridgehead atoms. The summed E-state index contributed by atoms with van der Waals surface area (Å²) >= 11 is 5.92. The molecule has 0 amide bonds. The first-order valence-corrected chi connectivity index (χ1v) is 5.67. The minimum atomic E-state index is 0.152. The van der Waals surface area contributed by atoms with Crippen molar-refractivity contribution < 1.29 is 5.11 Å². The van der Waals surface area contributed by atoms with Crippen molar-refractivity contribution in [3.05, 3.63) is 34.9 Å². The monoisotopic (exact) mass is 227 g/mol. The van der Waals surface area contributed by atoms with E-state index in [4.69, 9.17) is 16.7 Å². The highest BCUT2D eigenvalue weighted by Gasteiger charge is 2.10. The highest BCUT2D eigenvalue weighted by atomic mass is 35.5. The molecule has 2 N–H and O–H groups in total. The van der Waals surface area contributed by atoms with E-state index >= 15 is 0 Å². The lowest BCUT2D eigenvalue weighted by atomic mass is 10.1. The lowest BCUT2D eigenvalue weighted by molar-refractivity contribution is 0.230. The molecule has 0 spiro atoms. The number of aliphatic hydroxyl groups excluding tert-OH is 1. The Kier molecular flexibility index (Phi) is 5.09. The number of nitrogens with one attached hydrogen (secondary N) is 1. The van der Waals surface area contributed by atoms with Crippen molar-refractivity contribution >= 4 is 11.6 Å². The molecule has 0 aliphatic carbocycles. The molecule has 0 heterocycles. The summed E-state index contributed by atoms with van der Waals surface area (Å²) in [5, 5.41) is 13.2. The quantitative estimate of drug-likeness (QED) is 0.811. The van der Waals surface area contributed by atoms with Crippen LogP contribution in [-0.2, 0) is 0 Å². The van der Waals surface area contributed by atoms with Crippen LogP contribution in [0, 0.1) is 0 Å². The zero-order chi connectivity index (χ0) is 11.3. The zero-order valence-corrected chi connectivity index (χ0v) is 9.96. The Labute approximate surface area is 96.3 Å². The standard InChI is InChI=1S/C12H18ClNO/c1-3-12(8-15)14-9(2)10-5-4-6-11(13)7-10/h4-7,9,12,14-15H,3,8H2,1-2H3/t9-,12-/m0/s1. The third-order valence-electron chi connectivity index (χ3n) is 2.55. The van der Waals surface area contributed by atoms with Crippen molar-refractivity contribution in [1.82, 2.24) is 5.32 Å². The van der Waals surface area contributed by atoms with E-state index in [-0.39, 0.29) is 18.7 Å². The maximum atomic E-state index is 9.09. The van der Waals surface area contributed by atoms with Crippen molar-refractivity contribution in [3.63, 3.8) is 0 Å². The summed E-state index contributed by atoms with van der Waals surface area (Å²) in [5.74, 6) is 0. The molecule has 2 atom stereocenters. The number of hydrogen-bond acceptors (Lipinski definition) is 2. The second-order valence-electron chi connectivity index (χ2n) is 3.73. The van der Waals surface area contributed by atoms with Crippen LogP contribution in [0.25, 0.3) is 0 Å². The second-order valence-corrected chi connectivity index (χ2v) is 4.17. The van der Waals surface area contributed by atoms with Gasteiger partial charge in [-0.15, -0.1) is 0 Å². The fourth-order valence-electron chi connectivity index (χ4n) is 1.53. The summed E-state index contributed by atoms with van der Waals surface area (Å²) in [6.45, 7) is 4.30. The first-order valence-electron chi connectivity index (χ1n) is 5.29. The Morgan fingerprint density at radius 1 is 1.47 bits per heavy atom. The molecule has 0 saturated carbocycles. The van der Waals surface area contributed by atoms with E-state index in [0.29, 0.717) is 0 Å². The Balaban J connectivity index is 2.64. The SMILES string of the molecule is CC[C@@H](CO)N[C@@H](C)c1cccc(Cl)c1. The van der Waals surface area contributed by atoms with Gasteiger partial charge in [0.15, 0.2) is 0 Å². The Bertz CT molecular complexity index is 299. The number of aliphatic hydroxyl groups is 1. The van der Waals surface area contributed by atoms with E-state index in [1.165, 1.54) is 0 Å². The van der Waals surface area contributed by atoms with Crippen LogP contribution in [0.5, 0.6) is 0 Å². The molecule has 1 aromatic carbocycles. The first-order chi connectivity index (χ1) is 7.17. The maximum absolute atomic E-state index is 9.09. The van der Waals surface area contributed by atoms with Crippen LogP contribution >= 0.6 is 11.6 Å². The van der Waals surface area contributed by atoms with E-state index in [9.17, 15) is 0 Å². The van der Waals surface area contributed by atoms with Gasteiger partial charge >= 0.3 is 0 Å². The summed E-state index contributed by atoms with van der Waals surface area (Å²) < 4.78 is 0. The smallest absolute Gasteiger partial charge is 0.0584 e. The molecule has 84 valence electrons. The van der Waals surface area contributed by atoms with Crippen LogP contribution in [-0.4, -0.2) is 17.8 Å². The molecular weight excluding hydrogens is 210 g/mol. The van der Waals surface area contributed by atoms with Gasteiger partial charge in [-0.1, -0.05) is 30.7 Å². The fraction of sp³-hybridized carbons (Fsp3) is 0.500. The van der Waals surface area contributed by atoms with Crippen molar-refractivity contribution in [1.29, 1.82) is 0 Å². The molecule has 15 heavy (non-hydrogen) atoms. The van der Waals surface area contributed by atoms with Crippen LogP contribution in [0.4, 0.5) is 0 Å². The third kappa shape index (κ3) is 3.82. The van der Waals surface area contributed by atoms with E-state index in [0.717, 1.165) is 17.0 Å². The topological polar surface area (TPSA) is 32.3 Å². The normalized spacial score (nSPS) is 14.9. The second kappa shape index (κ2) is 6.11. The van der Waals surface area contributed by atoms with Gasteiger partial charge < -0.3 is 10.4 Å². The maximum Gasteiger partial charge on any atom is 0.0584 e. The van der Waals surface area contributed by atoms with Gasteiger partial charge in [-0.25, -0.2) is 0 Å². The molecule has 0 radical (unpaired) electrons. The largest absolute Gasteiger partial charge is 0.395 e. The molecule has 0 aliphatic rings. The third-order valence-corrected chi connectivity index (χ3v) is 2.78. The number of hydrogen-bond donors (Lipinski definition) is 2. The van der Waals surface area contributed by atoms with Crippen molar-refractivity contribution in [3.8, 4) is 0 Å². The van der Waals surface area contributed by atoms with Gasteiger partial charge in [-0.05, 0) is 31.0 Å². The van der Waals surface area contributed by atoms with Crippen molar-refractivity contribution in [2.24, 2.45) is 0 Å². The molecule has 2 nitrogen and oxygen atoms in total. The first kappa shape index (κ1) is 12.5. The van der Waals surface area contributed by atoms with Crippen molar-refractivity contribution in [2.75, 3.05) is 6.61 Å². The average molecular weight is 228 g/mol. The van der Waals surface area contributed by atoms with Gasteiger partial charge in [0.1, 0.15) is 0 Å². The molecular formula is C12H18ClNO. The van der Waals surface area contributed by atoms with Gasteiger partial charge in [-0.2, -0.15) is 0 Å². The average Bonchev–Trinajstić information content (AvgIpc) is 2.25. The molecule has 1 aromatic rings. The predicted octanol–water partition coefficient (Wildman–Crippen LogP) is 2.76. The van der Waals surface area contributed by atoms with Crippen molar-refractivity contribution in [2.45, 2.75) is 32.4 Å². The summed E-state index contributed by atoms with van der Waals surface area (Å²) in [5.41, 5.74) is 1.15. The van der Waals surface area contributed by atoms with E-state index in [1.807, 2.05) is 24.3 Å². The van der Waals surface area contributed by atoms with E-state index < -0.39 is 0 Å². The van der Waals surface area contributed by atoms with Gasteiger partial charge in [0, 0.05) is 17.1 Å². The fourth-order valence-corrected chi connectivity index (χ4v) is 1.72. The number of rotatable bonds is 5. The molecule has 0 unspecified atom stereocenters. The molecule has 3 heteroatoms. The van der Waals surface area contributed by atoms with Crippen LogP contribution in [0.15, 0.2) is 24.3 Å². The zero-order valence-electron chi connectivity index (χ0n) is 9.20. The van der Waals surface area contributed by atoms with Gasteiger partial charge in [0.2, 0.25) is 0 Å². The summed E-state index contributed by atoms with van der Waals surface area (Å²) in [6.07, 6.45) is 0.918. The van der Waals surface area contributed by atoms with Crippen LogP contribution in [0.3, 0.4) is 0 Å². The predicted molar refractivity (Wildman–Crippen MR) is 64.2 cm³/mol. The Morgan fingerprint density at radius 3 is 2.73 bits per heavy atom. The van der Waals surface area contributed by atoms with Crippen LogP contribution in [0.1, 0.15) is 31.9 Å². The van der Waals surface area contributed by atoms with E-state index in [2.05, 4.69) is 19.2 Å². The highest BCUT2D eigenvalue weighted by Crippen LogP contribution is 2.17. The van der Waals surface area contributed by atoms with Gasteiger partial charge in [0.25, 0.3) is 0 Å². The van der Waals surface area contributed by atoms with E-state index in [1.54, 1.807) is 0 Å². The molecule has 0 aliphatic heterocycles. The lowest BCUT2D eigenvalue weighted by Crippen LogP contribution is -2.33. The molecule has 1 rings (SSSR count). The summed E-state index contributed by atoms with van der Waals surface area (Å²) in [7, 11) is 0. The minimum Gasteiger partial charge on any atom is -0.395 e. The van der Waals surface area contributed by atoms with Gasteiger partial charge in [0.05, 0.1) is 6.61 Å². The minimum absolute atomic E-state index is 0.152. The number of halogens is 1. The van der Waals surface area contributed by atoms with Crippen LogP contribution < -0.4 is 5.32 Å². The summed E-state index contributed by atoms with van der Waals surface area (Å²) in [4.78, 5) is 0. The molecule has 0 fully saturated rings. The van der Waals surface area contributed by atoms with Crippen LogP contribution in [0.2, 0.25) is 5.02 Å². The van der Waals surface area contributed by atoms with Gasteiger partial charge in [-0.3, -0.25) is 0 Å². The molecule has 0 aromatic heterocycles.